The van der Waals surface area contributed by atoms with E-state index in [2.05, 4.69) is 17.4 Å². The Kier molecular flexibility index (Phi) is 7.05. The molecule has 1 unspecified atom stereocenters. The van der Waals surface area contributed by atoms with Crippen LogP contribution in [-0.2, 0) is 13.6 Å². The van der Waals surface area contributed by atoms with Gasteiger partial charge in [0.25, 0.3) is 0 Å². The predicted octanol–water partition coefficient (Wildman–Crippen LogP) is 6.73. The van der Waals surface area contributed by atoms with Gasteiger partial charge in [0, 0.05) is 5.69 Å². The lowest BCUT2D eigenvalue weighted by molar-refractivity contribution is 0.214. The van der Waals surface area contributed by atoms with Gasteiger partial charge in [-0.15, -0.1) is 0 Å². The fourth-order valence-electron chi connectivity index (χ4n) is 3.07. The second-order valence-corrected chi connectivity index (χ2v) is 8.39. The molecular formula is C23H26NO3P. The monoisotopic (exact) mass is 395 g/mol. The SMILES string of the molecule is CCOP(=O)(OCC)C(Nc1ccc(-c2ccccc2)cc1)c1ccccc1. The van der Waals surface area contributed by atoms with Crippen molar-refractivity contribution in [1.82, 2.24) is 0 Å². The Morgan fingerprint density at radius 2 is 1.25 bits per heavy atom. The van der Waals surface area contributed by atoms with Crippen molar-refractivity contribution >= 4 is 13.3 Å². The summed E-state index contributed by atoms with van der Waals surface area (Å²) >= 11 is 0. The van der Waals surface area contributed by atoms with Gasteiger partial charge in [-0.1, -0.05) is 72.8 Å². The standard InChI is InChI=1S/C23H26NO3P/c1-3-26-28(25,27-4-2)23(21-13-9-6-10-14-21)24-22-17-15-20(16-18-22)19-11-7-5-8-12-19/h5-18,23-24H,3-4H2,1-2H3. The van der Waals surface area contributed by atoms with Gasteiger partial charge in [-0.25, -0.2) is 0 Å². The lowest BCUT2D eigenvalue weighted by atomic mass is 10.1. The summed E-state index contributed by atoms with van der Waals surface area (Å²) in [5.41, 5.74) is 4.00. The predicted molar refractivity (Wildman–Crippen MR) is 116 cm³/mol. The van der Waals surface area contributed by atoms with E-state index in [0.29, 0.717) is 13.2 Å². The quantitative estimate of drug-likeness (QED) is 0.408. The van der Waals surface area contributed by atoms with Crippen molar-refractivity contribution in [2.45, 2.75) is 19.6 Å². The van der Waals surface area contributed by atoms with Crippen molar-refractivity contribution in [3.63, 3.8) is 0 Å². The Balaban J connectivity index is 1.90. The molecule has 0 saturated carbocycles. The molecule has 0 fully saturated rings. The van der Waals surface area contributed by atoms with Gasteiger partial charge < -0.3 is 14.4 Å². The number of nitrogens with one attached hydrogen (secondary N) is 1. The first-order valence-electron chi connectivity index (χ1n) is 9.52. The summed E-state index contributed by atoms with van der Waals surface area (Å²) in [6.45, 7) is 4.27. The maximum absolute atomic E-state index is 13.5. The highest BCUT2D eigenvalue weighted by atomic mass is 31.2. The first-order valence-corrected chi connectivity index (χ1v) is 11.1. The van der Waals surface area contributed by atoms with Gasteiger partial charge in [0.2, 0.25) is 0 Å². The smallest absolute Gasteiger partial charge is 0.357 e. The molecule has 3 aromatic rings. The molecule has 0 radical (unpaired) electrons. The molecular weight excluding hydrogens is 369 g/mol. The van der Waals surface area contributed by atoms with E-state index < -0.39 is 13.4 Å². The molecule has 0 aliphatic carbocycles. The Morgan fingerprint density at radius 1 is 0.750 bits per heavy atom. The summed E-state index contributed by atoms with van der Waals surface area (Å²) in [5, 5.41) is 3.37. The van der Waals surface area contributed by atoms with Crippen LogP contribution in [0.3, 0.4) is 0 Å². The molecule has 5 heteroatoms. The molecule has 0 aromatic heterocycles. The van der Waals surface area contributed by atoms with E-state index in [0.717, 1.165) is 22.4 Å². The maximum atomic E-state index is 13.5. The van der Waals surface area contributed by atoms with Crippen LogP contribution in [0.25, 0.3) is 11.1 Å². The second kappa shape index (κ2) is 9.70. The minimum absolute atomic E-state index is 0.315. The molecule has 1 N–H and O–H groups in total. The summed E-state index contributed by atoms with van der Waals surface area (Å²) in [6.07, 6.45) is 0. The average molecular weight is 395 g/mol. The van der Waals surface area contributed by atoms with Crippen molar-refractivity contribution in [2.24, 2.45) is 0 Å². The fourth-order valence-corrected chi connectivity index (χ4v) is 5.01. The van der Waals surface area contributed by atoms with E-state index in [1.807, 2.05) is 86.6 Å². The van der Waals surface area contributed by atoms with Gasteiger partial charge >= 0.3 is 7.60 Å². The normalized spacial score (nSPS) is 12.5. The minimum Gasteiger partial charge on any atom is -0.368 e. The molecule has 1 atom stereocenters. The van der Waals surface area contributed by atoms with Crippen molar-refractivity contribution in [3.05, 3.63) is 90.5 Å². The Morgan fingerprint density at radius 3 is 1.79 bits per heavy atom. The molecule has 0 aliphatic rings. The summed E-state index contributed by atoms with van der Waals surface area (Å²) < 4.78 is 24.7. The van der Waals surface area contributed by atoms with E-state index in [1.54, 1.807) is 0 Å². The molecule has 0 saturated heterocycles. The summed E-state index contributed by atoms with van der Waals surface area (Å²) in [4.78, 5) is 0. The van der Waals surface area contributed by atoms with Crippen molar-refractivity contribution in [2.75, 3.05) is 18.5 Å². The zero-order valence-electron chi connectivity index (χ0n) is 16.2. The lowest BCUT2D eigenvalue weighted by Crippen LogP contribution is -2.15. The van der Waals surface area contributed by atoms with E-state index in [1.165, 1.54) is 0 Å². The van der Waals surface area contributed by atoms with Gasteiger partial charge in [0.15, 0.2) is 5.78 Å². The molecule has 3 aromatic carbocycles. The Labute approximate surface area is 167 Å². The summed E-state index contributed by atoms with van der Waals surface area (Å²) in [6, 6.07) is 27.9. The molecule has 0 spiro atoms. The molecule has 0 bridgehead atoms. The van der Waals surface area contributed by atoms with Crippen molar-refractivity contribution in [1.29, 1.82) is 0 Å². The zero-order chi connectivity index (χ0) is 19.8. The number of benzene rings is 3. The number of rotatable bonds is 9. The van der Waals surface area contributed by atoms with E-state index in [9.17, 15) is 4.57 Å². The highest BCUT2D eigenvalue weighted by Crippen LogP contribution is 2.60. The van der Waals surface area contributed by atoms with Gasteiger partial charge in [-0.05, 0) is 42.7 Å². The first kappa shape index (κ1) is 20.3. The maximum Gasteiger partial charge on any atom is 0.357 e. The van der Waals surface area contributed by atoms with Gasteiger partial charge in [-0.2, -0.15) is 0 Å². The summed E-state index contributed by atoms with van der Waals surface area (Å²) in [5.74, 6) is -0.587. The average Bonchev–Trinajstić information content (AvgIpc) is 2.74. The number of hydrogen-bond donors (Lipinski definition) is 1. The highest BCUT2D eigenvalue weighted by molar-refractivity contribution is 7.54. The van der Waals surface area contributed by atoms with Gasteiger partial charge in [0.05, 0.1) is 13.2 Å². The summed E-state index contributed by atoms with van der Waals surface area (Å²) in [7, 11) is -3.40. The molecule has 0 heterocycles. The van der Waals surface area contributed by atoms with E-state index in [4.69, 9.17) is 9.05 Å². The minimum atomic E-state index is -3.40. The van der Waals surface area contributed by atoms with Crippen LogP contribution in [0.1, 0.15) is 25.2 Å². The molecule has 146 valence electrons. The second-order valence-electron chi connectivity index (χ2n) is 6.28. The molecule has 0 aliphatic heterocycles. The topological polar surface area (TPSA) is 47.6 Å². The van der Waals surface area contributed by atoms with Crippen molar-refractivity contribution in [3.8, 4) is 11.1 Å². The van der Waals surface area contributed by atoms with Crippen LogP contribution in [0.5, 0.6) is 0 Å². The largest absolute Gasteiger partial charge is 0.368 e. The molecule has 4 nitrogen and oxygen atoms in total. The van der Waals surface area contributed by atoms with E-state index in [-0.39, 0.29) is 0 Å². The van der Waals surface area contributed by atoms with Crippen LogP contribution >= 0.6 is 7.60 Å². The van der Waals surface area contributed by atoms with Gasteiger partial charge in [0.1, 0.15) is 0 Å². The number of hydrogen-bond acceptors (Lipinski definition) is 4. The third-order valence-electron chi connectivity index (χ3n) is 4.35. The van der Waals surface area contributed by atoms with Crippen LogP contribution in [0.15, 0.2) is 84.9 Å². The van der Waals surface area contributed by atoms with Gasteiger partial charge in [-0.3, -0.25) is 4.57 Å². The van der Waals surface area contributed by atoms with E-state index >= 15 is 0 Å². The van der Waals surface area contributed by atoms with Crippen molar-refractivity contribution < 1.29 is 13.6 Å². The number of anilines is 1. The zero-order valence-corrected chi connectivity index (χ0v) is 17.1. The van der Waals surface area contributed by atoms with Crippen LogP contribution in [0.4, 0.5) is 5.69 Å². The molecule has 0 amide bonds. The third-order valence-corrected chi connectivity index (χ3v) is 6.64. The van der Waals surface area contributed by atoms with Crippen LogP contribution in [0.2, 0.25) is 0 Å². The fraction of sp³-hybridized carbons (Fsp3) is 0.217. The third kappa shape index (κ3) is 4.90. The van der Waals surface area contributed by atoms with Crippen LogP contribution < -0.4 is 5.32 Å². The van der Waals surface area contributed by atoms with Crippen LogP contribution in [0, 0.1) is 0 Å². The Hall–Kier alpha value is -2.39. The van der Waals surface area contributed by atoms with Crippen LogP contribution in [-0.4, -0.2) is 13.2 Å². The highest BCUT2D eigenvalue weighted by Gasteiger charge is 2.37. The Bertz CT molecular complexity index is 888. The first-order chi connectivity index (χ1) is 13.7. The molecule has 3 rings (SSSR count). The lowest BCUT2D eigenvalue weighted by Gasteiger charge is -2.28. The molecule has 28 heavy (non-hydrogen) atoms.